The van der Waals surface area contributed by atoms with Gasteiger partial charge in [-0.05, 0) is 43.7 Å². The van der Waals surface area contributed by atoms with Crippen LogP contribution >= 0.6 is 11.6 Å². The number of aliphatic hydroxyl groups is 1. The second-order valence-corrected chi connectivity index (χ2v) is 7.39. The Morgan fingerprint density at radius 3 is 2.80 bits per heavy atom. The molecule has 2 N–H and O–H groups in total. The molecule has 0 radical (unpaired) electrons. The van der Waals surface area contributed by atoms with Crippen LogP contribution in [0.4, 0.5) is 10.1 Å². The highest BCUT2D eigenvalue weighted by Gasteiger charge is 2.27. The molecule has 2 aromatic carbocycles. The Balaban J connectivity index is 2.18. The second-order valence-electron chi connectivity index (χ2n) is 6.95. The van der Waals surface area contributed by atoms with Gasteiger partial charge in [0.25, 0.3) is 0 Å². The number of nitrogens with one attached hydrogen (secondary N) is 1. The molecule has 0 aliphatic carbocycles. The minimum Gasteiger partial charge on any atom is -0.469 e. The minimum absolute atomic E-state index is 0.112. The average Bonchev–Trinajstić information content (AvgIpc) is 2.89. The first-order valence-electron chi connectivity index (χ1n) is 9.58. The lowest BCUT2D eigenvalue weighted by atomic mass is 10.00. The molecular formula is C22H23ClFN3O3. The van der Waals surface area contributed by atoms with Gasteiger partial charge < -0.3 is 15.2 Å². The molecule has 0 fully saturated rings. The quantitative estimate of drug-likeness (QED) is 0.680. The van der Waals surface area contributed by atoms with Gasteiger partial charge in [-0.3, -0.25) is 14.8 Å². The fourth-order valence-corrected chi connectivity index (χ4v) is 3.32. The largest absolute Gasteiger partial charge is 0.469 e. The van der Waals surface area contributed by atoms with E-state index in [-0.39, 0.29) is 25.0 Å². The van der Waals surface area contributed by atoms with Gasteiger partial charge >= 0.3 is 5.97 Å². The molecule has 0 bridgehead atoms. The number of aliphatic imine (C=N–C) groups is 2. The van der Waals surface area contributed by atoms with Gasteiger partial charge in [0.2, 0.25) is 0 Å². The normalized spacial score (nSPS) is 18.1. The van der Waals surface area contributed by atoms with Crippen molar-refractivity contribution in [1.82, 2.24) is 0 Å². The van der Waals surface area contributed by atoms with Crippen molar-refractivity contribution in [1.29, 1.82) is 0 Å². The fraction of sp³-hybridized carbons (Fsp3) is 0.318. The maximum absolute atomic E-state index is 14.7. The number of benzodiazepines with no additional fused rings is 1. The summed E-state index contributed by atoms with van der Waals surface area (Å²) < 4.78 is 19.4. The number of anilines is 1. The molecule has 1 unspecified atom stereocenters. The number of amidine groups is 1. The number of ether oxygens (including phenoxy) is 1. The molecule has 30 heavy (non-hydrogen) atoms. The number of methoxy groups -OCH3 is 1. The number of esters is 1. The van der Waals surface area contributed by atoms with Gasteiger partial charge in [-0.2, -0.15) is 0 Å². The molecule has 1 aliphatic heterocycles. The van der Waals surface area contributed by atoms with E-state index in [2.05, 4.69) is 10.3 Å². The molecule has 0 amide bonds. The number of aliphatic hydroxyl groups excluding tert-OH is 1. The van der Waals surface area contributed by atoms with Gasteiger partial charge in [0, 0.05) is 28.3 Å². The molecule has 158 valence electrons. The van der Waals surface area contributed by atoms with E-state index >= 15 is 0 Å². The summed E-state index contributed by atoms with van der Waals surface area (Å²) in [5.74, 6) is -0.314. The highest BCUT2D eigenvalue weighted by atomic mass is 35.5. The molecule has 0 saturated heterocycles. The molecular weight excluding hydrogens is 409 g/mol. The van der Waals surface area contributed by atoms with Crippen molar-refractivity contribution in [3.8, 4) is 0 Å². The molecule has 0 saturated carbocycles. The number of benzene rings is 2. The summed E-state index contributed by atoms with van der Waals surface area (Å²) in [6.07, 6.45) is 0.414. The van der Waals surface area contributed by atoms with E-state index in [4.69, 9.17) is 21.3 Å². The number of hydrogen-bond acceptors (Lipinski definition) is 5. The van der Waals surface area contributed by atoms with E-state index in [1.807, 2.05) is 0 Å². The Hall–Kier alpha value is -2.77. The van der Waals surface area contributed by atoms with Crippen molar-refractivity contribution in [3.05, 3.63) is 64.4 Å². The van der Waals surface area contributed by atoms with E-state index in [9.17, 15) is 14.3 Å². The zero-order chi connectivity index (χ0) is 21.7. The van der Waals surface area contributed by atoms with Gasteiger partial charge in [0.05, 0.1) is 25.5 Å². The van der Waals surface area contributed by atoms with Crippen LogP contribution in [-0.2, 0) is 9.53 Å². The lowest BCUT2D eigenvalue weighted by Gasteiger charge is -2.17. The molecule has 8 heteroatoms. The van der Waals surface area contributed by atoms with Crippen LogP contribution in [0, 0.1) is 5.82 Å². The maximum atomic E-state index is 14.7. The third-order valence-electron chi connectivity index (χ3n) is 4.70. The van der Waals surface area contributed by atoms with E-state index in [0.29, 0.717) is 39.8 Å². The Morgan fingerprint density at radius 1 is 1.33 bits per heavy atom. The first kappa shape index (κ1) is 21.9. The summed E-state index contributed by atoms with van der Waals surface area (Å²) >= 11 is 6.22. The van der Waals surface area contributed by atoms with Crippen LogP contribution < -0.4 is 5.32 Å². The zero-order valence-corrected chi connectivity index (χ0v) is 17.5. The zero-order valence-electron chi connectivity index (χ0n) is 16.7. The van der Waals surface area contributed by atoms with Crippen molar-refractivity contribution >= 4 is 34.8 Å². The van der Waals surface area contributed by atoms with Crippen LogP contribution in [0.3, 0.4) is 0 Å². The van der Waals surface area contributed by atoms with Crippen molar-refractivity contribution in [2.75, 3.05) is 19.0 Å². The summed E-state index contributed by atoms with van der Waals surface area (Å²) in [7, 11) is 1.32. The van der Waals surface area contributed by atoms with E-state index < -0.39 is 11.9 Å². The van der Waals surface area contributed by atoms with E-state index in [0.717, 1.165) is 0 Å². The average molecular weight is 432 g/mol. The number of carbonyl (C=O) groups excluding carboxylic acids is 1. The number of fused-ring (bicyclic) bond motifs is 1. The van der Waals surface area contributed by atoms with Crippen LogP contribution in [0.2, 0.25) is 5.02 Å². The Morgan fingerprint density at radius 2 is 2.10 bits per heavy atom. The van der Waals surface area contributed by atoms with Gasteiger partial charge in [-0.25, -0.2) is 4.39 Å². The summed E-state index contributed by atoms with van der Waals surface area (Å²) in [6.45, 7) is 1.62. The third-order valence-corrected chi connectivity index (χ3v) is 4.94. The topological polar surface area (TPSA) is 83.3 Å². The molecule has 6 nitrogen and oxygen atoms in total. The first-order valence-corrected chi connectivity index (χ1v) is 9.95. The molecule has 2 atom stereocenters. The third kappa shape index (κ3) is 5.04. The summed E-state index contributed by atoms with van der Waals surface area (Å²) in [4.78, 5) is 21.1. The van der Waals surface area contributed by atoms with Gasteiger partial charge in [0.15, 0.2) is 0 Å². The van der Waals surface area contributed by atoms with Crippen molar-refractivity contribution < 1.29 is 19.0 Å². The van der Waals surface area contributed by atoms with Gasteiger partial charge in [-0.1, -0.05) is 23.7 Å². The van der Waals surface area contributed by atoms with Crippen LogP contribution in [0.1, 0.15) is 30.9 Å². The van der Waals surface area contributed by atoms with Crippen LogP contribution in [0.25, 0.3) is 0 Å². The molecule has 2 aromatic rings. The lowest BCUT2D eigenvalue weighted by Crippen LogP contribution is -2.29. The Labute approximate surface area is 179 Å². The number of nitrogens with zero attached hydrogens (tertiary/aromatic N) is 2. The second kappa shape index (κ2) is 9.82. The Kier molecular flexibility index (Phi) is 7.18. The van der Waals surface area contributed by atoms with Gasteiger partial charge in [0.1, 0.15) is 17.7 Å². The predicted molar refractivity (Wildman–Crippen MR) is 116 cm³/mol. The standard InChI is InChI=1S/C22H23ClFN3O3/c1-13(12-28)25-22-19(9-10-20(29)30-2)26-21(15-5-3-4-6-17(15)24)16-11-14(23)7-8-18(16)27-22/h3-8,11,13,19,28H,9-10,12H2,1-2H3,(H,25,27)/t13?,19-/m0/s1. The summed E-state index contributed by atoms with van der Waals surface area (Å²) in [5.41, 5.74) is 2.01. The van der Waals surface area contributed by atoms with E-state index in [1.54, 1.807) is 43.3 Å². The number of halogens is 2. The molecule has 3 rings (SSSR count). The van der Waals surface area contributed by atoms with Crippen molar-refractivity contribution in [2.24, 2.45) is 9.98 Å². The number of hydrogen-bond donors (Lipinski definition) is 2. The molecule has 0 aromatic heterocycles. The SMILES string of the molecule is COC(=O)CC[C@@H]1N=C(c2ccccc2F)c2cc(Cl)ccc2NC1=NC(C)CO. The highest BCUT2D eigenvalue weighted by molar-refractivity contribution is 6.32. The number of carbonyl (C=O) groups is 1. The summed E-state index contributed by atoms with van der Waals surface area (Å²) in [5, 5.41) is 13.2. The summed E-state index contributed by atoms with van der Waals surface area (Å²) in [6, 6.07) is 10.6. The maximum Gasteiger partial charge on any atom is 0.305 e. The lowest BCUT2D eigenvalue weighted by molar-refractivity contribution is -0.140. The van der Waals surface area contributed by atoms with Gasteiger partial charge in [-0.15, -0.1) is 0 Å². The highest BCUT2D eigenvalue weighted by Crippen LogP contribution is 2.29. The molecule has 1 aliphatic rings. The van der Waals surface area contributed by atoms with E-state index in [1.165, 1.54) is 13.2 Å². The number of rotatable bonds is 6. The smallest absolute Gasteiger partial charge is 0.305 e. The monoisotopic (exact) mass is 431 g/mol. The fourth-order valence-electron chi connectivity index (χ4n) is 3.15. The Bertz CT molecular complexity index is 993. The van der Waals surface area contributed by atoms with Crippen molar-refractivity contribution in [3.63, 3.8) is 0 Å². The molecule has 0 spiro atoms. The minimum atomic E-state index is -0.570. The van der Waals surface area contributed by atoms with Crippen LogP contribution in [0.15, 0.2) is 52.4 Å². The molecule has 1 heterocycles. The van der Waals surface area contributed by atoms with Crippen molar-refractivity contribution in [2.45, 2.75) is 31.8 Å². The van der Waals surface area contributed by atoms with Crippen LogP contribution in [0.5, 0.6) is 0 Å². The van der Waals surface area contributed by atoms with Crippen LogP contribution in [-0.4, -0.2) is 48.4 Å². The predicted octanol–water partition coefficient (Wildman–Crippen LogP) is 3.84. The first-order chi connectivity index (χ1) is 14.4.